The molecule has 0 saturated heterocycles. The van der Waals surface area contributed by atoms with Crippen LogP contribution in [-0.4, -0.2) is 11.1 Å². The summed E-state index contributed by atoms with van der Waals surface area (Å²) >= 11 is 5.46. The molecule has 0 fully saturated rings. The average Bonchev–Trinajstić information content (AvgIpc) is 2.10. The molecular formula is C10H10BrIO. The van der Waals surface area contributed by atoms with Gasteiger partial charge in [0.2, 0.25) is 0 Å². The number of benzene rings is 1. The number of carbonyl (C=O) groups excluding carboxylic acids is 1. The van der Waals surface area contributed by atoms with E-state index in [2.05, 4.69) is 38.5 Å². The highest BCUT2D eigenvalue weighted by Gasteiger charge is 2.09. The van der Waals surface area contributed by atoms with Crippen molar-refractivity contribution in [3.63, 3.8) is 0 Å². The molecule has 1 aromatic carbocycles. The van der Waals surface area contributed by atoms with E-state index < -0.39 is 0 Å². The van der Waals surface area contributed by atoms with Crippen LogP contribution in [0.25, 0.3) is 0 Å². The molecule has 13 heavy (non-hydrogen) atoms. The molecule has 1 aromatic rings. The van der Waals surface area contributed by atoms with E-state index in [9.17, 15) is 4.79 Å². The molecule has 0 unspecified atom stereocenters. The topological polar surface area (TPSA) is 17.1 Å². The molecular weight excluding hydrogens is 343 g/mol. The van der Waals surface area contributed by atoms with Gasteiger partial charge >= 0.3 is 0 Å². The lowest BCUT2D eigenvalue weighted by Gasteiger charge is -2.06. The highest BCUT2D eigenvalue weighted by Crippen LogP contribution is 2.18. The number of hydrogen-bond donors (Lipinski definition) is 0. The molecule has 0 aliphatic rings. The van der Waals surface area contributed by atoms with Gasteiger partial charge in [0.05, 0.1) is 5.33 Å². The molecule has 1 nitrogen and oxygen atoms in total. The lowest BCUT2D eigenvalue weighted by Crippen LogP contribution is -2.03. The molecule has 0 spiro atoms. The van der Waals surface area contributed by atoms with Gasteiger partial charge in [-0.05, 0) is 59.7 Å². The van der Waals surface area contributed by atoms with Gasteiger partial charge in [-0.2, -0.15) is 0 Å². The molecule has 0 aromatic heterocycles. The van der Waals surface area contributed by atoms with E-state index in [1.54, 1.807) is 0 Å². The molecule has 0 aliphatic heterocycles. The standard InChI is InChI=1S/C10H10BrIO/c1-6-4-9(12)7(2)3-8(6)10(13)5-11/h3-4H,5H2,1-2H3. The first-order chi connectivity index (χ1) is 6.06. The second-order valence-corrected chi connectivity index (χ2v) is 4.70. The summed E-state index contributed by atoms with van der Waals surface area (Å²) in [6.45, 7) is 3.99. The zero-order chi connectivity index (χ0) is 10.0. The van der Waals surface area contributed by atoms with Gasteiger partial charge < -0.3 is 0 Å². The van der Waals surface area contributed by atoms with Crippen LogP contribution in [0.5, 0.6) is 0 Å². The molecule has 0 atom stereocenters. The molecule has 0 bridgehead atoms. The summed E-state index contributed by atoms with van der Waals surface area (Å²) in [5.74, 6) is 0.150. The van der Waals surface area contributed by atoms with Crippen LogP contribution in [0.2, 0.25) is 0 Å². The minimum atomic E-state index is 0.150. The lowest BCUT2D eigenvalue weighted by atomic mass is 10.0. The second-order valence-electron chi connectivity index (χ2n) is 2.97. The quantitative estimate of drug-likeness (QED) is 0.452. The Morgan fingerprint density at radius 1 is 1.38 bits per heavy atom. The predicted molar refractivity (Wildman–Crippen MR) is 66.8 cm³/mol. The number of alkyl halides is 1. The molecule has 3 heteroatoms. The highest BCUT2D eigenvalue weighted by molar-refractivity contribution is 14.1. The van der Waals surface area contributed by atoms with Crippen molar-refractivity contribution in [3.8, 4) is 0 Å². The third-order valence-electron chi connectivity index (χ3n) is 1.93. The van der Waals surface area contributed by atoms with Crippen LogP contribution in [0, 0.1) is 17.4 Å². The molecule has 70 valence electrons. The Morgan fingerprint density at radius 2 is 2.00 bits per heavy atom. The van der Waals surface area contributed by atoms with Gasteiger partial charge in [0, 0.05) is 9.13 Å². The number of hydrogen-bond acceptors (Lipinski definition) is 1. The summed E-state index contributed by atoms with van der Waals surface area (Å²) in [7, 11) is 0. The second kappa shape index (κ2) is 4.55. The Labute approximate surface area is 100 Å². The van der Waals surface area contributed by atoms with Crippen molar-refractivity contribution >= 4 is 44.3 Å². The van der Waals surface area contributed by atoms with Crippen LogP contribution in [0.4, 0.5) is 0 Å². The first-order valence-electron chi connectivity index (χ1n) is 3.92. The van der Waals surface area contributed by atoms with Crippen molar-refractivity contribution in [3.05, 3.63) is 32.4 Å². The van der Waals surface area contributed by atoms with Gasteiger partial charge in [-0.1, -0.05) is 15.9 Å². The normalized spacial score (nSPS) is 10.2. The number of rotatable bonds is 2. The van der Waals surface area contributed by atoms with Gasteiger partial charge in [0.1, 0.15) is 0 Å². The zero-order valence-corrected chi connectivity index (χ0v) is 11.3. The molecule has 0 heterocycles. The van der Waals surface area contributed by atoms with Gasteiger partial charge in [0.15, 0.2) is 5.78 Å². The van der Waals surface area contributed by atoms with Gasteiger partial charge in [-0.25, -0.2) is 0 Å². The van der Waals surface area contributed by atoms with Crippen molar-refractivity contribution in [1.29, 1.82) is 0 Å². The van der Waals surface area contributed by atoms with Gasteiger partial charge in [0.25, 0.3) is 0 Å². The van der Waals surface area contributed by atoms with E-state index in [4.69, 9.17) is 0 Å². The summed E-state index contributed by atoms with van der Waals surface area (Å²) in [4.78, 5) is 11.4. The fourth-order valence-electron chi connectivity index (χ4n) is 1.15. The molecule has 0 aliphatic carbocycles. The van der Waals surface area contributed by atoms with Gasteiger partial charge in [-0.3, -0.25) is 4.79 Å². The highest BCUT2D eigenvalue weighted by atomic mass is 127. The monoisotopic (exact) mass is 352 g/mol. The minimum absolute atomic E-state index is 0.150. The van der Waals surface area contributed by atoms with Crippen LogP contribution < -0.4 is 0 Å². The smallest absolute Gasteiger partial charge is 0.173 e. The van der Waals surface area contributed by atoms with Crippen molar-refractivity contribution < 1.29 is 4.79 Å². The third-order valence-corrected chi connectivity index (χ3v) is 3.60. The van der Waals surface area contributed by atoms with Crippen LogP contribution >= 0.6 is 38.5 Å². The molecule has 1 rings (SSSR count). The summed E-state index contributed by atoms with van der Waals surface area (Å²) < 4.78 is 1.21. The van der Waals surface area contributed by atoms with Crippen molar-refractivity contribution in [2.24, 2.45) is 0 Å². The molecule has 0 radical (unpaired) electrons. The minimum Gasteiger partial charge on any atom is -0.293 e. The van der Waals surface area contributed by atoms with E-state index >= 15 is 0 Å². The Balaban J connectivity index is 3.23. The maximum atomic E-state index is 11.4. The summed E-state index contributed by atoms with van der Waals surface area (Å²) in [6.07, 6.45) is 0. The number of carbonyl (C=O) groups is 1. The molecule has 0 N–H and O–H groups in total. The first-order valence-corrected chi connectivity index (χ1v) is 6.12. The Hall–Kier alpha value is 0.100. The van der Waals surface area contributed by atoms with Gasteiger partial charge in [-0.15, -0.1) is 0 Å². The fourth-order valence-corrected chi connectivity index (χ4v) is 2.08. The van der Waals surface area contributed by atoms with Crippen molar-refractivity contribution in [2.75, 3.05) is 5.33 Å². The van der Waals surface area contributed by atoms with E-state index in [1.807, 2.05) is 26.0 Å². The lowest BCUT2D eigenvalue weighted by molar-refractivity contribution is 0.102. The van der Waals surface area contributed by atoms with Crippen LogP contribution in [0.15, 0.2) is 12.1 Å². The number of halogens is 2. The molecule has 0 saturated carbocycles. The number of aryl methyl sites for hydroxylation is 2. The Morgan fingerprint density at radius 3 is 2.54 bits per heavy atom. The summed E-state index contributed by atoms with van der Waals surface area (Å²) in [6, 6.07) is 4.01. The van der Waals surface area contributed by atoms with Crippen LogP contribution in [0.3, 0.4) is 0 Å². The maximum absolute atomic E-state index is 11.4. The fraction of sp³-hybridized carbons (Fsp3) is 0.300. The Kier molecular flexibility index (Phi) is 3.91. The number of Topliss-reactive ketones (excluding diaryl/α,β-unsaturated/α-hetero) is 1. The van der Waals surface area contributed by atoms with Crippen LogP contribution in [0.1, 0.15) is 21.5 Å². The van der Waals surface area contributed by atoms with Crippen molar-refractivity contribution in [2.45, 2.75) is 13.8 Å². The zero-order valence-electron chi connectivity index (χ0n) is 7.53. The van der Waals surface area contributed by atoms with E-state index in [0.29, 0.717) is 5.33 Å². The van der Waals surface area contributed by atoms with E-state index in [1.165, 1.54) is 3.57 Å². The SMILES string of the molecule is Cc1cc(C(=O)CBr)c(C)cc1I. The summed E-state index contributed by atoms with van der Waals surface area (Å²) in [5, 5.41) is 0.397. The first kappa shape index (κ1) is 11.2. The van der Waals surface area contributed by atoms with Crippen molar-refractivity contribution in [1.82, 2.24) is 0 Å². The van der Waals surface area contributed by atoms with E-state index in [-0.39, 0.29) is 5.78 Å². The predicted octanol–water partition coefficient (Wildman–Crippen LogP) is 3.49. The molecule has 0 amide bonds. The van der Waals surface area contributed by atoms with E-state index in [0.717, 1.165) is 16.7 Å². The number of ketones is 1. The third kappa shape index (κ3) is 2.53. The largest absolute Gasteiger partial charge is 0.293 e. The van der Waals surface area contributed by atoms with Crippen LogP contribution in [-0.2, 0) is 0 Å². The maximum Gasteiger partial charge on any atom is 0.173 e. The Bertz CT molecular complexity index is 347. The summed E-state index contributed by atoms with van der Waals surface area (Å²) in [5.41, 5.74) is 3.05. The average molecular weight is 353 g/mol.